The van der Waals surface area contributed by atoms with E-state index < -0.39 is 5.25 Å². The van der Waals surface area contributed by atoms with E-state index in [0.29, 0.717) is 40.3 Å². The lowest BCUT2D eigenvalue weighted by Gasteiger charge is -2.15. The minimum absolute atomic E-state index is 0.120. The number of hydrogen-bond donors (Lipinski definition) is 0. The van der Waals surface area contributed by atoms with Gasteiger partial charge >= 0.3 is 0 Å². The summed E-state index contributed by atoms with van der Waals surface area (Å²) in [5, 5.41) is 9.28. The molecule has 0 unspecified atom stereocenters. The van der Waals surface area contributed by atoms with Crippen molar-refractivity contribution in [2.75, 3.05) is 13.7 Å². The molecule has 1 fully saturated rings. The van der Waals surface area contributed by atoms with Crippen molar-refractivity contribution in [1.29, 1.82) is 0 Å². The predicted molar refractivity (Wildman–Crippen MR) is 139 cm³/mol. The summed E-state index contributed by atoms with van der Waals surface area (Å²) in [6.07, 6.45) is 0.740. The van der Waals surface area contributed by atoms with E-state index in [1.165, 1.54) is 16.7 Å². The van der Waals surface area contributed by atoms with Gasteiger partial charge in [-0.25, -0.2) is 0 Å². The highest BCUT2D eigenvalue weighted by atomic mass is 35.5. The Morgan fingerprint density at radius 2 is 1.69 bits per heavy atom. The summed E-state index contributed by atoms with van der Waals surface area (Å²) in [5.41, 5.74) is 2.58. The Bertz CT molecular complexity index is 1390. The Balaban J connectivity index is 1.43. The van der Waals surface area contributed by atoms with Crippen molar-refractivity contribution in [2.45, 2.75) is 23.2 Å². The van der Waals surface area contributed by atoms with Gasteiger partial charge in [0.05, 0.1) is 12.1 Å². The molecule has 5 rings (SSSR count). The summed E-state index contributed by atoms with van der Waals surface area (Å²) in [4.78, 5) is 27.3. The summed E-state index contributed by atoms with van der Waals surface area (Å²) < 4.78 is 7.15. The van der Waals surface area contributed by atoms with Crippen molar-refractivity contribution in [3.05, 3.63) is 89.4 Å². The molecule has 1 aliphatic heterocycles. The number of carbonyl (C=O) groups is 2. The molecule has 7 nitrogen and oxygen atoms in total. The highest BCUT2D eigenvalue weighted by Crippen LogP contribution is 2.36. The minimum Gasteiger partial charge on any atom is -0.497 e. The monoisotopic (exact) mass is 518 g/mol. The summed E-state index contributed by atoms with van der Waals surface area (Å²) in [6, 6.07) is 24.7. The van der Waals surface area contributed by atoms with Crippen molar-refractivity contribution in [3.8, 4) is 22.8 Å². The summed E-state index contributed by atoms with van der Waals surface area (Å²) in [6.45, 7) is 0.356. The second kappa shape index (κ2) is 10.6. The molecule has 3 aromatic carbocycles. The van der Waals surface area contributed by atoms with E-state index in [1.54, 1.807) is 13.2 Å². The van der Waals surface area contributed by atoms with Crippen molar-refractivity contribution in [2.24, 2.45) is 0 Å². The number of likely N-dealkylation sites (tertiary alicyclic amines) is 1. The molecule has 0 saturated carbocycles. The zero-order chi connectivity index (χ0) is 25.1. The zero-order valence-electron chi connectivity index (χ0n) is 19.5. The number of imide groups is 1. The number of benzene rings is 3. The van der Waals surface area contributed by atoms with Crippen LogP contribution in [-0.2, 0) is 16.0 Å². The van der Waals surface area contributed by atoms with Gasteiger partial charge in [0.25, 0.3) is 0 Å². The highest BCUT2D eigenvalue weighted by Gasteiger charge is 2.40. The van der Waals surface area contributed by atoms with Crippen LogP contribution >= 0.6 is 23.4 Å². The number of thioether (sulfide) groups is 1. The Labute approximate surface area is 218 Å². The molecule has 1 aliphatic rings. The Hall–Kier alpha value is -3.62. The molecule has 0 N–H and O–H groups in total. The number of ether oxygens (including phenoxy) is 1. The minimum atomic E-state index is -0.575. The van der Waals surface area contributed by atoms with Gasteiger partial charge < -0.3 is 4.74 Å². The maximum absolute atomic E-state index is 13.2. The summed E-state index contributed by atoms with van der Waals surface area (Å²) >= 11 is 7.72. The van der Waals surface area contributed by atoms with Gasteiger partial charge in [0, 0.05) is 24.2 Å². The van der Waals surface area contributed by atoms with Crippen LogP contribution in [0.1, 0.15) is 12.0 Å². The Kier molecular flexibility index (Phi) is 7.06. The van der Waals surface area contributed by atoms with Crippen LogP contribution in [0.3, 0.4) is 0 Å². The lowest BCUT2D eigenvalue weighted by molar-refractivity contribution is -0.138. The summed E-state index contributed by atoms with van der Waals surface area (Å²) in [7, 11) is 1.61. The van der Waals surface area contributed by atoms with Crippen molar-refractivity contribution >= 4 is 35.2 Å². The molecule has 1 aromatic heterocycles. The number of carbonyl (C=O) groups excluding carboxylic acids is 2. The average molecular weight is 519 g/mol. The first-order chi connectivity index (χ1) is 17.5. The van der Waals surface area contributed by atoms with Crippen LogP contribution in [0.4, 0.5) is 0 Å². The quantitative estimate of drug-likeness (QED) is 0.303. The number of rotatable bonds is 8. The molecule has 2 heterocycles. The second-order valence-corrected chi connectivity index (χ2v) is 9.83. The molecular formula is C27H23ClN4O3S. The number of aromatic nitrogens is 3. The molecule has 36 heavy (non-hydrogen) atoms. The smallest absolute Gasteiger partial charge is 0.243 e. The number of amides is 2. The van der Waals surface area contributed by atoms with Crippen LogP contribution in [0.15, 0.2) is 84.0 Å². The highest BCUT2D eigenvalue weighted by molar-refractivity contribution is 8.00. The van der Waals surface area contributed by atoms with Gasteiger partial charge in [0.1, 0.15) is 11.0 Å². The van der Waals surface area contributed by atoms with E-state index >= 15 is 0 Å². The third-order valence-electron chi connectivity index (χ3n) is 6.00. The predicted octanol–water partition coefficient (Wildman–Crippen LogP) is 5.06. The van der Waals surface area contributed by atoms with E-state index in [1.807, 2.05) is 77.4 Å². The third kappa shape index (κ3) is 4.87. The first kappa shape index (κ1) is 24.1. The first-order valence-electron chi connectivity index (χ1n) is 11.4. The molecular weight excluding hydrogens is 496 g/mol. The molecule has 182 valence electrons. The molecule has 0 aliphatic carbocycles. The molecule has 1 atom stereocenters. The molecule has 2 amide bonds. The topological polar surface area (TPSA) is 77.3 Å². The Morgan fingerprint density at radius 1 is 0.972 bits per heavy atom. The zero-order valence-corrected chi connectivity index (χ0v) is 21.1. The van der Waals surface area contributed by atoms with E-state index in [0.717, 1.165) is 11.3 Å². The Morgan fingerprint density at radius 3 is 2.42 bits per heavy atom. The molecule has 4 aromatic rings. The molecule has 9 heteroatoms. The van der Waals surface area contributed by atoms with Gasteiger partial charge in [-0.05, 0) is 48.4 Å². The van der Waals surface area contributed by atoms with Gasteiger partial charge in [-0.3, -0.25) is 19.1 Å². The fourth-order valence-corrected chi connectivity index (χ4v) is 5.43. The van der Waals surface area contributed by atoms with Crippen LogP contribution in [-0.4, -0.2) is 50.4 Å². The van der Waals surface area contributed by atoms with E-state index in [9.17, 15) is 9.59 Å². The second-order valence-electron chi connectivity index (χ2n) is 8.25. The lowest BCUT2D eigenvalue weighted by atomic mass is 10.1. The van der Waals surface area contributed by atoms with E-state index in [4.69, 9.17) is 16.3 Å². The van der Waals surface area contributed by atoms with Crippen LogP contribution in [0.5, 0.6) is 5.75 Å². The van der Waals surface area contributed by atoms with Crippen LogP contribution in [0.2, 0.25) is 5.02 Å². The largest absolute Gasteiger partial charge is 0.497 e. The maximum atomic E-state index is 13.2. The lowest BCUT2D eigenvalue weighted by Crippen LogP contribution is -2.33. The van der Waals surface area contributed by atoms with E-state index in [-0.39, 0.29) is 18.2 Å². The van der Waals surface area contributed by atoms with Crippen LogP contribution in [0, 0.1) is 0 Å². The standard InChI is InChI=1S/C27H23ClN4O3S/c1-35-20-13-11-19(12-14-20)32-25(21-9-5-6-10-22(21)28)29-30-27(32)36-23-17-24(33)31(26(23)34)16-15-18-7-3-2-4-8-18/h2-14,23H,15-17H2,1H3/t23-/m0/s1. The van der Waals surface area contributed by atoms with Crippen molar-refractivity contribution in [3.63, 3.8) is 0 Å². The summed E-state index contributed by atoms with van der Waals surface area (Å²) in [5.74, 6) is 0.886. The normalized spacial score (nSPS) is 15.5. The van der Waals surface area contributed by atoms with Gasteiger partial charge in [-0.1, -0.05) is 65.8 Å². The van der Waals surface area contributed by atoms with Gasteiger partial charge in [-0.2, -0.15) is 0 Å². The van der Waals surface area contributed by atoms with Gasteiger partial charge in [0.2, 0.25) is 11.8 Å². The number of halogens is 1. The fourth-order valence-electron chi connectivity index (χ4n) is 4.12. The molecule has 0 radical (unpaired) electrons. The van der Waals surface area contributed by atoms with Crippen molar-refractivity contribution < 1.29 is 14.3 Å². The fraction of sp³-hybridized carbons (Fsp3) is 0.185. The molecule has 1 saturated heterocycles. The van der Waals surface area contributed by atoms with Gasteiger partial charge in [0.15, 0.2) is 11.0 Å². The molecule has 0 spiro atoms. The maximum Gasteiger partial charge on any atom is 0.243 e. The van der Waals surface area contributed by atoms with Crippen LogP contribution in [0.25, 0.3) is 17.1 Å². The SMILES string of the molecule is COc1ccc(-n2c(S[C@H]3CC(=O)N(CCc4ccccc4)C3=O)nnc2-c2ccccc2Cl)cc1. The third-order valence-corrected chi connectivity index (χ3v) is 7.45. The van der Waals surface area contributed by atoms with E-state index in [2.05, 4.69) is 10.2 Å². The number of hydrogen-bond acceptors (Lipinski definition) is 6. The first-order valence-corrected chi connectivity index (χ1v) is 12.7. The van der Waals surface area contributed by atoms with Gasteiger partial charge in [-0.15, -0.1) is 10.2 Å². The molecule has 0 bridgehead atoms. The average Bonchev–Trinajstić information content (AvgIpc) is 3.43. The number of methoxy groups -OCH3 is 1. The van der Waals surface area contributed by atoms with Crippen LogP contribution < -0.4 is 4.74 Å². The number of nitrogens with zero attached hydrogens (tertiary/aromatic N) is 4. The van der Waals surface area contributed by atoms with Crippen molar-refractivity contribution in [1.82, 2.24) is 19.7 Å².